The molecule has 0 aromatic rings. The molecule has 2 fully saturated rings. The molecule has 3 unspecified atom stereocenters. The van der Waals surface area contributed by atoms with E-state index >= 15 is 0 Å². The average Bonchev–Trinajstić information content (AvgIpc) is 2.87. The molecule has 0 spiro atoms. The molecule has 2 aliphatic heterocycles. The molecule has 5 heteroatoms. The van der Waals surface area contributed by atoms with Gasteiger partial charge in [-0.25, -0.2) is 0 Å². The molecule has 1 N–H and O–H groups in total. The summed E-state index contributed by atoms with van der Waals surface area (Å²) in [5.74, 6) is 0.166. The minimum absolute atomic E-state index is 0.00736. The lowest BCUT2D eigenvalue weighted by Crippen LogP contribution is -2.67. The van der Waals surface area contributed by atoms with Crippen molar-refractivity contribution in [1.29, 1.82) is 0 Å². The van der Waals surface area contributed by atoms with E-state index in [-0.39, 0.29) is 35.9 Å². The number of carbonyl (C=O) groups is 2. The number of hydrogen-bond donors (Lipinski definition) is 1. The van der Waals surface area contributed by atoms with Crippen molar-refractivity contribution in [2.75, 3.05) is 13.2 Å². The Bertz CT molecular complexity index is 351. The lowest BCUT2D eigenvalue weighted by atomic mass is 9.94. The average molecular weight is 268 g/mol. The van der Waals surface area contributed by atoms with Gasteiger partial charge >= 0.3 is 0 Å². The van der Waals surface area contributed by atoms with Crippen LogP contribution < -0.4 is 5.32 Å². The van der Waals surface area contributed by atoms with E-state index in [1.165, 1.54) is 0 Å². The largest absolute Gasteiger partial charge is 0.379 e. The number of piperazine rings is 1. The van der Waals surface area contributed by atoms with Gasteiger partial charge in [0.05, 0.1) is 12.6 Å². The van der Waals surface area contributed by atoms with Crippen molar-refractivity contribution in [1.82, 2.24) is 10.2 Å². The Morgan fingerprint density at radius 2 is 2.16 bits per heavy atom. The van der Waals surface area contributed by atoms with Crippen LogP contribution in [-0.2, 0) is 14.3 Å². The maximum absolute atomic E-state index is 12.6. The van der Waals surface area contributed by atoms with Crippen molar-refractivity contribution in [3.8, 4) is 0 Å². The van der Waals surface area contributed by atoms with E-state index in [9.17, 15) is 9.59 Å². The van der Waals surface area contributed by atoms with E-state index < -0.39 is 0 Å². The van der Waals surface area contributed by atoms with Gasteiger partial charge in [-0.2, -0.15) is 0 Å². The molecule has 0 saturated carbocycles. The summed E-state index contributed by atoms with van der Waals surface area (Å²) in [7, 11) is 0. The van der Waals surface area contributed by atoms with Gasteiger partial charge in [0.1, 0.15) is 12.1 Å². The number of carbonyl (C=O) groups excluding carboxylic acids is 2. The molecule has 2 saturated heterocycles. The maximum Gasteiger partial charge on any atom is 0.246 e. The third-order valence-electron chi connectivity index (χ3n) is 3.98. The zero-order valence-corrected chi connectivity index (χ0v) is 12.0. The molecule has 0 aromatic heterocycles. The van der Waals surface area contributed by atoms with Crippen LogP contribution in [0.2, 0.25) is 0 Å². The third-order valence-corrected chi connectivity index (χ3v) is 3.98. The zero-order chi connectivity index (χ0) is 14.0. The molecule has 0 radical (unpaired) electrons. The fraction of sp³-hybridized carbons (Fsp3) is 0.857. The highest BCUT2D eigenvalue weighted by Crippen LogP contribution is 2.24. The first-order chi connectivity index (χ1) is 9.06. The summed E-state index contributed by atoms with van der Waals surface area (Å²) < 4.78 is 5.39. The monoisotopic (exact) mass is 268 g/mol. The summed E-state index contributed by atoms with van der Waals surface area (Å²) in [5, 5.41) is 2.88. The van der Waals surface area contributed by atoms with Gasteiger partial charge in [0, 0.05) is 6.61 Å². The van der Waals surface area contributed by atoms with Crippen LogP contribution >= 0.6 is 0 Å². The first-order valence-electron chi connectivity index (χ1n) is 7.26. The number of nitrogens with zero attached hydrogens (tertiary/aromatic N) is 1. The minimum atomic E-state index is -0.388. The molecule has 108 valence electrons. The Kier molecular flexibility index (Phi) is 4.45. The topological polar surface area (TPSA) is 58.6 Å². The van der Waals surface area contributed by atoms with Gasteiger partial charge in [0.25, 0.3) is 0 Å². The van der Waals surface area contributed by atoms with Crippen LogP contribution in [-0.4, -0.2) is 48.1 Å². The molecule has 0 bridgehead atoms. The highest BCUT2D eigenvalue weighted by atomic mass is 16.5. The third kappa shape index (κ3) is 2.76. The van der Waals surface area contributed by atoms with Gasteiger partial charge < -0.3 is 15.0 Å². The van der Waals surface area contributed by atoms with Crippen molar-refractivity contribution >= 4 is 11.8 Å². The Hall–Kier alpha value is -1.10. The molecule has 0 aromatic carbocycles. The SMILES string of the molecule is CCCC1C(=O)NC(C(C)C)C(=O)N1C1CCOC1. The van der Waals surface area contributed by atoms with Gasteiger partial charge in [-0.15, -0.1) is 0 Å². The molecular formula is C14H24N2O3. The second-order valence-corrected chi connectivity index (χ2v) is 5.80. The quantitative estimate of drug-likeness (QED) is 0.825. The Balaban J connectivity index is 2.23. The molecule has 2 rings (SSSR count). The fourth-order valence-electron chi connectivity index (χ4n) is 2.92. The smallest absolute Gasteiger partial charge is 0.246 e. The summed E-state index contributed by atoms with van der Waals surface area (Å²) in [6.07, 6.45) is 2.45. The van der Waals surface area contributed by atoms with Crippen molar-refractivity contribution in [3.05, 3.63) is 0 Å². The first-order valence-corrected chi connectivity index (χ1v) is 7.26. The number of hydrogen-bond acceptors (Lipinski definition) is 3. The van der Waals surface area contributed by atoms with Crippen LogP contribution in [0, 0.1) is 5.92 Å². The summed E-state index contributed by atoms with van der Waals surface area (Å²) in [6.45, 7) is 7.21. The summed E-state index contributed by atoms with van der Waals surface area (Å²) in [4.78, 5) is 26.7. The second-order valence-electron chi connectivity index (χ2n) is 5.80. The highest BCUT2D eigenvalue weighted by Gasteiger charge is 2.44. The molecular weight excluding hydrogens is 244 g/mol. The maximum atomic E-state index is 12.6. The lowest BCUT2D eigenvalue weighted by molar-refractivity contribution is -0.153. The van der Waals surface area contributed by atoms with E-state index in [1.807, 2.05) is 20.8 Å². The van der Waals surface area contributed by atoms with Crippen LogP contribution in [0.25, 0.3) is 0 Å². The number of ether oxygens (including phenoxy) is 1. The highest BCUT2D eigenvalue weighted by molar-refractivity contribution is 5.97. The van der Waals surface area contributed by atoms with E-state index in [4.69, 9.17) is 4.74 Å². The predicted octanol–water partition coefficient (Wildman–Crippen LogP) is 0.927. The standard InChI is InChI=1S/C14H24N2O3/c1-4-5-11-13(17)15-12(9(2)3)14(18)16(11)10-6-7-19-8-10/h9-12H,4-8H2,1-3H3,(H,15,17). The second kappa shape index (κ2) is 5.90. The van der Waals surface area contributed by atoms with Gasteiger partial charge in [-0.05, 0) is 18.8 Å². The molecule has 2 heterocycles. The molecule has 0 aliphatic carbocycles. The van der Waals surface area contributed by atoms with Crippen LogP contribution in [0.1, 0.15) is 40.0 Å². The van der Waals surface area contributed by atoms with Crippen molar-refractivity contribution in [3.63, 3.8) is 0 Å². The summed E-state index contributed by atoms with van der Waals surface area (Å²) >= 11 is 0. The van der Waals surface area contributed by atoms with Gasteiger partial charge in [0.15, 0.2) is 0 Å². The molecule has 3 atom stereocenters. The molecule has 2 aliphatic rings. The first kappa shape index (κ1) is 14.3. The van der Waals surface area contributed by atoms with Crippen LogP contribution in [0.4, 0.5) is 0 Å². The number of amides is 2. The molecule has 2 amide bonds. The Morgan fingerprint density at radius 3 is 2.68 bits per heavy atom. The molecule has 19 heavy (non-hydrogen) atoms. The van der Waals surface area contributed by atoms with Crippen LogP contribution in [0.5, 0.6) is 0 Å². The van der Waals surface area contributed by atoms with Gasteiger partial charge in [-0.1, -0.05) is 27.2 Å². The van der Waals surface area contributed by atoms with Crippen molar-refractivity contribution in [2.24, 2.45) is 5.92 Å². The van der Waals surface area contributed by atoms with Crippen molar-refractivity contribution < 1.29 is 14.3 Å². The van der Waals surface area contributed by atoms with Gasteiger partial charge in [-0.3, -0.25) is 9.59 Å². The summed E-state index contributed by atoms with van der Waals surface area (Å²) in [5.41, 5.74) is 0. The minimum Gasteiger partial charge on any atom is -0.379 e. The number of nitrogens with one attached hydrogen (secondary N) is 1. The van der Waals surface area contributed by atoms with E-state index in [0.29, 0.717) is 13.2 Å². The Labute approximate surface area is 114 Å². The van der Waals surface area contributed by atoms with Crippen LogP contribution in [0.3, 0.4) is 0 Å². The fourth-order valence-corrected chi connectivity index (χ4v) is 2.92. The van der Waals surface area contributed by atoms with Crippen LogP contribution in [0.15, 0.2) is 0 Å². The van der Waals surface area contributed by atoms with E-state index in [1.54, 1.807) is 4.90 Å². The van der Waals surface area contributed by atoms with E-state index in [2.05, 4.69) is 5.32 Å². The van der Waals surface area contributed by atoms with Gasteiger partial charge in [0.2, 0.25) is 11.8 Å². The number of rotatable bonds is 4. The normalized spacial score (nSPS) is 32.0. The summed E-state index contributed by atoms with van der Waals surface area (Å²) in [6, 6.07) is -0.642. The Morgan fingerprint density at radius 1 is 1.42 bits per heavy atom. The lowest BCUT2D eigenvalue weighted by Gasteiger charge is -2.43. The molecule has 5 nitrogen and oxygen atoms in total. The van der Waals surface area contributed by atoms with Crippen molar-refractivity contribution in [2.45, 2.75) is 58.2 Å². The predicted molar refractivity (Wildman–Crippen MR) is 71.5 cm³/mol. The zero-order valence-electron chi connectivity index (χ0n) is 12.0. The van der Waals surface area contributed by atoms with E-state index in [0.717, 1.165) is 19.3 Å².